The first-order valence-electron chi connectivity index (χ1n) is 10.6. The third-order valence-electron chi connectivity index (χ3n) is 4.53. The van der Waals surface area contributed by atoms with Gasteiger partial charge in [0.25, 0.3) is 0 Å². The van der Waals surface area contributed by atoms with E-state index in [1.165, 1.54) is 0 Å². The van der Waals surface area contributed by atoms with Gasteiger partial charge < -0.3 is 15.3 Å². The van der Waals surface area contributed by atoms with Gasteiger partial charge in [-0.1, -0.05) is 48.5 Å². The molecule has 0 saturated heterocycles. The average molecular weight is 455 g/mol. The molecule has 0 fully saturated rings. The Kier molecular flexibility index (Phi) is 11.1. The average Bonchev–Trinajstić information content (AvgIpc) is 2.81. The van der Waals surface area contributed by atoms with E-state index < -0.39 is 0 Å². The van der Waals surface area contributed by atoms with Crippen molar-refractivity contribution in [2.24, 2.45) is 0 Å². The normalized spacial score (nSPS) is 10.3. The number of phenolic OH excluding ortho intramolecular Hbond substituents is 2. The molecule has 0 spiro atoms. The van der Waals surface area contributed by atoms with Crippen molar-refractivity contribution in [1.29, 1.82) is 0 Å². The number of aromatic hydroxyl groups is 2. The predicted octanol–water partition coefficient (Wildman–Crippen LogP) is 5.55. The zero-order valence-electron chi connectivity index (χ0n) is 18.8. The molecule has 0 radical (unpaired) electrons. The lowest BCUT2D eigenvalue weighted by Crippen LogP contribution is -1.95. The van der Waals surface area contributed by atoms with Crippen molar-refractivity contribution in [3.05, 3.63) is 83.9 Å². The predicted molar refractivity (Wildman–Crippen MR) is 128 cm³/mol. The van der Waals surface area contributed by atoms with Crippen LogP contribution in [0.2, 0.25) is 0 Å². The molecule has 176 valence electrons. The van der Waals surface area contributed by atoms with E-state index in [0.717, 1.165) is 27.1 Å². The van der Waals surface area contributed by atoms with Crippen molar-refractivity contribution >= 4 is 21.5 Å². The zero-order chi connectivity index (χ0) is 24.1. The first kappa shape index (κ1) is 26.1. The molecule has 4 N–H and O–H groups in total. The quantitative estimate of drug-likeness (QED) is 0.172. The minimum Gasteiger partial charge on any atom is -0.508 e. The summed E-state index contributed by atoms with van der Waals surface area (Å²) in [5.41, 5.74) is 1.30. The van der Waals surface area contributed by atoms with E-state index in [1.807, 2.05) is 61.5 Å². The fourth-order valence-corrected chi connectivity index (χ4v) is 3.04. The van der Waals surface area contributed by atoms with Crippen molar-refractivity contribution in [2.75, 3.05) is 13.2 Å². The molecule has 0 aliphatic heterocycles. The van der Waals surface area contributed by atoms with Crippen LogP contribution in [0.1, 0.15) is 25.0 Å². The molecular formula is C26H30O7. The number of hydrogen-bond donors (Lipinski definition) is 4. The van der Waals surface area contributed by atoms with Crippen LogP contribution in [0.15, 0.2) is 72.8 Å². The van der Waals surface area contributed by atoms with E-state index in [4.69, 9.17) is 20.1 Å². The third-order valence-corrected chi connectivity index (χ3v) is 4.53. The molecule has 0 aliphatic rings. The highest BCUT2D eigenvalue weighted by Gasteiger charge is 2.04. The summed E-state index contributed by atoms with van der Waals surface area (Å²) < 4.78 is 0. The lowest BCUT2D eigenvalue weighted by molar-refractivity contribution is -0.300. The highest BCUT2D eigenvalue weighted by Crippen LogP contribution is 2.26. The van der Waals surface area contributed by atoms with Crippen LogP contribution in [0.25, 0.3) is 21.5 Å². The standard InChI is InChI=1S/C13H14O3.C11H10O3.C2H6O/c1-2-15-16-9-12-7-10-5-3-4-6-11(10)8-13(12)14;12-11-6-9-4-2-1-3-8(9)5-10(11)7-14-13;1-2-3/h3-8,14H,2,9H2,1H3;1-6,12-13H,7H2;3H,2H2,1H3. The van der Waals surface area contributed by atoms with Crippen LogP contribution in [0.5, 0.6) is 11.5 Å². The number of aliphatic hydroxyl groups is 1. The van der Waals surface area contributed by atoms with Gasteiger partial charge in [0.15, 0.2) is 0 Å². The van der Waals surface area contributed by atoms with Gasteiger partial charge in [0.1, 0.15) is 24.7 Å². The number of hydrogen-bond acceptors (Lipinski definition) is 7. The summed E-state index contributed by atoms with van der Waals surface area (Å²) in [6.07, 6.45) is 0. The first-order valence-corrected chi connectivity index (χ1v) is 10.6. The minimum atomic E-state index is -0.00331. The van der Waals surface area contributed by atoms with Crippen LogP contribution in [0.4, 0.5) is 0 Å². The van der Waals surface area contributed by atoms with E-state index in [9.17, 15) is 10.2 Å². The van der Waals surface area contributed by atoms with Gasteiger partial charge in [0, 0.05) is 17.7 Å². The molecule has 0 aliphatic carbocycles. The Labute approximate surface area is 192 Å². The smallest absolute Gasteiger partial charge is 0.121 e. The molecular weight excluding hydrogens is 424 g/mol. The maximum atomic E-state index is 9.77. The van der Waals surface area contributed by atoms with E-state index in [0.29, 0.717) is 12.2 Å². The summed E-state index contributed by atoms with van der Waals surface area (Å²) >= 11 is 0. The van der Waals surface area contributed by atoms with Crippen LogP contribution in [-0.4, -0.2) is 33.8 Å². The van der Waals surface area contributed by atoms with Crippen LogP contribution >= 0.6 is 0 Å². The molecule has 0 heterocycles. The largest absolute Gasteiger partial charge is 0.508 e. The summed E-state index contributed by atoms with van der Waals surface area (Å²) in [5, 5.41) is 39.3. The fourth-order valence-electron chi connectivity index (χ4n) is 3.04. The summed E-state index contributed by atoms with van der Waals surface area (Å²) in [5.74, 6) is 0.371. The number of benzene rings is 4. The van der Waals surface area contributed by atoms with Gasteiger partial charge in [-0.15, -0.1) is 0 Å². The summed E-state index contributed by atoms with van der Waals surface area (Å²) in [7, 11) is 0. The molecule has 0 atom stereocenters. The number of phenols is 2. The number of rotatable bonds is 6. The van der Waals surface area contributed by atoms with Crippen molar-refractivity contribution in [2.45, 2.75) is 27.1 Å². The summed E-state index contributed by atoms with van der Waals surface area (Å²) in [4.78, 5) is 13.7. The van der Waals surface area contributed by atoms with Gasteiger partial charge in [-0.05, 0) is 59.7 Å². The SMILES string of the molecule is CCO.CCOOCc1cc2ccccc2cc1O.OOCc1cc2ccccc2cc1O. The van der Waals surface area contributed by atoms with Gasteiger partial charge in [0.05, 0.1) is 6.61 Å². The second-order valence-electron chi connectivity index (χ2n) is 6.91. The molecule has 4 aromatic rings. The zero-order valence-corrected chi connectivity index (χ0v) is 18.8. The fraction of sp³-hybridized carbons (Fsp3) is 0.231. The summed E-state index contributed by atoms with van der Waals surface area (Å²) in [6.45, 7) is 4.52. The molecule has 0 unspecified atom stereocenters. The Hall–Kier alpha value is -3.20. The molecule has 7 nitrogen and oxygen atoms in total. The van der Waals surface area contributed by atoms with Gasteiger partial charge in [-0.25, -0.2) is 14.7 Å². The van der Waals surface area contributed by atoms with Gasteiger partial charge >= 0.3 is 0 Å². The maximum absolute atomic E-state index is 9.77. The highest BCUT2D eigenvalue weighted by molar-refractivity contribution is 5.85. The Morgan fingerprint density at radius 1 is 0.636 bits per heavy atom. The van der Waals surface area contributed by atoms with Gasteiger partial charge in [-0.2, -0.15) is 0 Å². The van der Waals surface area contributed by atoms with Gasteiger partial charge in [-0.3, -0.25) is 5.26 Å². The van der Waals surface area contributed by atoms with E-state index in [-0.39, 0.29) is 31.3 Å². The second-order valence-corrected chi connectivity index (χ2v) is 6.91. The molecule has 0 saturated carbocycles. The van der Waals surface area contributed by atoms with Gasteiger partial charge in [0.2, 0.25) is 0 Å². The number of aliphatic hydroxyl groups excluding tert-OH is 1. The van der Waals surface area contributed by atoms with Crippen LogP contribution in [0, 0.1) is 0 Å². The molecule has 0 bridgehead atoms. The van der Waals surface area contributed by atoms with E-state index in [1.54, 1.807) is 25.1 Å². The Balaban J connectivity index is 0.000000210. The Morgan fingerprint density at radius 3 is 1.42 bits per heavy atom. The monoisotopic (exact) mass is 454 g/mol. The van der Waals surface area contributed by atoms with Crippen molar-refractivity contribution in [3.63, 3.8) is 0 Å². The van der Waals surface area contributed by atoms with E-state index >= 15 is 0 Å². The molecule has 7 heteroatoms. The lowest BCUT2D eigenvalue weighted by atomic mass is 10.1. The highest BCUT2D eigenvalue weighted by atomic mass is 17.2. The van der Waals surface area contributed by atoms with Crippen molar-refractivity contribution in [1.82, 2.24) is 0 Å². The van der Waals surface area contributed by atoms with Crippen LogP contribution in [0.3, 0.4) is 0 Å². The van der Waals surface area contributed by atoms with Crippen LogP contribution in [-0.2, 0) is 27.9 Å². The topological polar surface area (TPSA) is 109 Å². The van der Waals surface area contributed by atoms with Crippen molar-refractivity contribution < 1.29 is 35.2 Å². The molecule has 0 aromatic heterocycles. The molecule has 4 aromatic carbocycles. The van der Waals surface area contributed by atoms with Crippen molar-refractivity contribution in [3.8, 4) is 11.5 Å². The first-order chi connectivity index (χ1) is 16.0. The molecule has 4 rings (SSSR count). The minimum absolute atomic E-state index is 0.00331. The number of fused-ring (bicyclic) bond motifs is 2. The Bertz CT molecular complexity index is 1130. The maximum Gasteiger partial charge on any atom is 0.121 e. The van der Waals surface area contributed by atoms with Crippen LogP contribution < -0.4 is 0 Å². The second kappa shape index (κ2) is 14.1. The Morgan fingerprint density at radius 2 is 1.03 bits per heavy atom. The van der Waals surface area contributed by atoms with E-state index in [2.05, 4.69) is 4.89 Å². The lowest BCUT2D eigenvalue weighted by Gasteiger charge is -2.06. The molecule has 0 amide bonds. The third kappa shape index (κ3) is 8.02. The summed E-state index contributed by atoms with van der Waals surface area (Å²) in [6, 6.07) is 22.6. The molecule has 33 heavy (non-hydrogen) atoms.